The zero-order valence-electron chi connectivity index (χ0n) is 9.52. The fraction of sp³-hybridized carbons (Fsp3) is 0.500. The standard InChI is InChI=1S/C12H16BrNO2S/c13-11-5-3-10(4-6-11)8-14-12-2-1-7-17(15,16)9-12/h3-6,12,14H,1-2,7-9H2. The molecule has 1 N–H and O–H groups in total. The maximum absolute atomic E-state index is 11.5. The van der Waals surface area contributed by atoms with Crippen molar-refractivity contribution in [3.63, 3.8) is 0 Å². The summed E-state index contributed by atoms with van der Waals surface area (Å²) < 4.78 is 24.0. The maximum atomic E-state index is 11.5. The van der Waals surface area contributed by atoms with Crippen LogP contribution >= 0.6 is 15.9 Å². The first kappa shape index (κ1) is 13.1. The van der Waals surface area contributed by atoms with Crippen LogP contribution in [0.1, 0.15) is 18.4 Å². The summed E-state index contributed by atoms with van der Waals surface area (Å²) >= 11 is 3.39. The molecule has 94 valence electrons. The van der Waals surface area contributed by atoms with Crippen LogP contribution < -0.4 is 5.32 Å². The number of benzene rings is 1. The van der Waals surface area contributed by atoms with Gasteiger partial charge in [-0.25, -0.2) is 8.42 Å². The van der Waals surface area contributed by atoms with E-state index in [1.54, 1.807) is 0 Å². The zero-order chi connectivity index (χ0) is 12.3. The van der Waals surface area contributed by atoms with E-state index in [-0.39, 0.29) is 11.8 Å². The summed E-state index contributed by atoms with van der Waals surface area (Å²) in [4.78, 5) is 0. The Hall–Kier alpha value is -0.390. The summed E-state index contributed by atoms with van der Waals surface area (Å²) in [7, 11) is -2.81. The van der Waals surface area contributed by atoms with Crippen LogP contribution in [0.5, 0.6) is 0 Å². The van der Waals surface area contributed by atoms with Crippen molar-refractivity contribution in [2.45, 2.75) is 25.4 Å². The van der Waals surface area contributed by atoms with Gasteiger partial charge in [-0.05, 0) is 30.5 Å². The molecule has 0 amide bonds. The average molecular weight is 318 g/mol. The van der Waals surface area contributed by atoms with Crippen LogP contribution in [0.2, 0.25) is 0 Å². The first-order valence-corrected chi connectivity index (χ1v) is 8.35. The predicted molar refractivity (Wildman–Crippen MR) is 72.7 cm³/mol. The summed E-state index contributed by atoms with van der Waals surface area (Å²) in [6.45, 7) is 0.730. The molecule has 3 nitrogen and oxygen atoms in total. The molecule has 17 heavy (non-hydrogen) atoms. The van der Waals surface area contributed by atoms with Crippen LogP contribution in [0.3, 0.4) is 0 Å². The third kappa shape index (κ3) is 4.08. The van der Waals surface area contributed by atoms with E-state index in [9.17, 15) is 8.42 Å². The topological polar surface area (TPSA) is 46.2 Å². The molecule has 0 aliphatic carbocycles. The van der Waals surface area contributed by atoms with E-state index in [1.807, 2.05) is 24.3 Å². The van der Waals surface area contributed by atoms with Crippen LogP contribution in [-0.2, 0) is 16.4 Å². The lowest BCUT2D eigenvalue weighted by molar-refractivity contribution is 0.480. The molecule has 1 aromatic rings. The molecule has 1 fully saturated rings. The fourth-order valence-corrected chi connectivity index (χ4v) is 3.98. The molecule has 0 radical (unpaired) electrons. The van der Waals surface area contributed by atoms with Crippen molar-refractivity contribution in [2.75, 3.05) is 11.5 Å². The van der Waals surface area contributed by atoms with Gasteiger partial charge in [-0.15, -0.1) is 0 Å². The largest absolute Gasteiger partial charge is 0.309 e. The van der Waals surface area contributed by atoms with Crippen LogP contribution in [-0.4, -0.2) is 26.0 Å². The second kappa shape index (κ2) is 5.50. The van der Waals surface area contributed by atoms with E-state index < -0.39 is 9.84 Å². The van der Waals surface area contributed by atoms with Crippen molar-refractivity contribution in [3.8, 4) is 0 Å². The van der Waals surface area contributed by atoms with Crippen LogP contribution in [0, 0.1) is 0 Å². The Kier molecular flexibility index (Phi) is 4.22. The number of hydrogen-bond donors (Lipinski definition) is 1. The highest BCUT2D eigenvalue weighted by atomic mass is 79.9. The lowest BCUT2D eigenvalue weighted by Gasteiger charge is -2.23. The minimum absolute atomic E-state index is 0.109. The van der Waals surface area contributed by atoms with Gasteiger partial charge in [0.15, 0.2) is 9.84 Å². The van der Waals surface area contributed by atoms with Gasteiger partial charge in [-0.1, -0.05) is 28.1 Å². The van der Waals surface area contributed by atoms with Gasteiger partial charge in [-0.3, -0.25) is 0 Å². The highest BCUT2D eigenvalue weighted by Gasteiger charge is 2.23. The van der Waals surface area contributed by atoms with Gasteiger partial charge in [0.1, 0.15) is 0 Å². The van der Waals surface area contributed by atoms with Gasteiger partial charge in [0.2, 0.25) is 0 Å². The fourth-order valence-electron chi connectivity index (χ4n) is 2.05. The summed E-state index contributed by atoms with van der Waals surface area (Å²) in [5.41, 5.74) is 1.18. The van der Waals surface area contributed by atoms with Crippen molar-refractivity contribution in [1.82, 2.24) is 5.32 Å². The van der Waals surface area contributed by atoms with Crippen molar-refractivity contribution in [2.24, 2.45) is 0 Å². The maximum Gasteiger partial charge on any atom is 0.151 e. The Balaban J connectivity index is 1.88. The van der Waals surface area contributed by atoms with Gasteiger partial charge < -0.3 is 5.32 Å². The lowest BCUT2D eigenvalue weighted by Crippen LogP contribution is -2.39. The smallest absolute Gasteiger partial charge is 0.151 e. The summed E-state index contributed by atoms with van der Waals surface area (Å²) in [5.74, 6) is 0.632. The molecule has 1 aliphatic rings. The SMILES string of the molecule is O=S1(=O)CCCC(NCc2ccc(Br)cc2)C1. The Morgan fingerprint density at radius 1 is 1.29 bits per heavy atom. The van der Waals surface area contributed by atoms with Crippen LogP contribution in [0.15, 0.2) is 28.7 Å². The first-order chi connectivity index (χ1) is 8.05. The molecule has 1 unspecified atom stereocenters. The summed E-state index contributed by atoms with van der Waals surface area (Å²) in [5, 5.41) is 3.32. The number of halogens is 1. The van der Waals surface area contributed by atoms with Gasteiger partial charge >= 0.3 is 0 Å². The van der Waals surface area contributed by atoms with E-state index in [4.69, 9.17) is 0 Å². The van der Waals surface area contributed by atoms with Crippen molar-refractivity contribution in [1.29, 1.82) is 0 Å². The zero-order valence-corrected chi connectivity index (χ0v) is 11.9. The number of sulfone groups is 1. The Morgan fingerprint density at radius 3 is 2.65 bits per heavy atom. The Bertz CT molecular complexity index is 470. The molecule has 1 aliphatic heterocycles. The highest BCUT2D eigenvalue weighted by molar-refractivity contribution is 9.10. The van der Waals surface area contributed by atoms with Gasteiger partial charge in [0.25, 0.3) is 0 Å². The van der Waals surface area contributed by atoms with Crippen molar-refractivity contribution in [3.05, 3.63) is 34.3 Å². The molecular formula is C12H16BrNO2S. The molecule has 1 atom stereocenters. The van der Waals surface area contributed by atoms with E-state index in [1.165, 1.54) is 5.56 Å². The van der Waals surface area contributed by atoms with E-state index in [0.717, 1.165) is 23.9 Å². The third-order valence-electron chi connectivity index (χ3n) is 2.97. The van der Waals surface area contributed by atoms with E-state index in [2.05, 4.69) is 21.2 Å². The lowest BCUT2D eigenvalue weighted by atomic mass is 10.1. The minimum atomic E-state index is -2.81. The number of rotatable bonds is 3. The molecule has 5 heteroatoms. The molecule has 0 aromatic heterocycles. The predicted octanol–water partition coefficient (Wildman–Crippen LogP) is 2.12. The average Bonchev–Trinajstić information content (AvgIpc) is 2.27. The molecule has 0 bridgehead atoms. The quantitative estimate of drug-likeness (QED) is 0.928. The molecule has 1 aromatic carbocycles. The minimum Gasteiger partial charge on any atom is -0.309 e. The molecule has 1 heterocycles. The number of hydrogen-bond acceptors (Lipinski definition) is 3. The summed E-state index contributed by atoms with van der Waals surface area (Å²) in [6.07, 6.45) is 1.73. The van der Waals surface area contributed by atoms with Crippen LogP contribution in [0.4, 0.5) is 0 Å². The van der Waals surface area contributed by atoms with Crippen molar-refractivity contribution >= 4 is 25.8 Å². The molecule has 1 saturated heterocycles. The highest BCUT2D eigenvalue weighted by Crippen LogP contribution is 2.14. The molecule has 0 spiro atoms. The molecular weight excluding hydrogens is 302 g/mol. The third-order valence-corrected chi connectivity index (χ3v) is 5.32. The van der Waals surface area contributed by atoms with E-state index in [0.29, 0.717) is 5.75 Å². The first-order valence-electron chi connectivity index (χ1n) is 5.73. The normalized spacial score (nSPS) is 23.5. The van der Waals surface area contributed by atoms with Gasteiger partial charge in [0, 0.05) is 17.1 Å². The van der Waals surface area contributed by atoms with Crippen molar-refractivity contribution < 1.29 is 8.42 Å². The van der Waals surface area contributed by atoms with Gasteiger partial charge in [0.05, 0.1) is 11.5 Å². The Morgan fingerprint density at radius 2 is 2.00 bits per heavy atom. The van der Waals surface area contributed by atoms with E-state index >= 15 is 0 Å². The van der Waals surface area contributed by atoms with Gasteiger partial charge in [-0.2, -0.15) is 0 Å². The molecule has 2 rings (SSSR count). The summed E-state index contributed by atoms with van der Waals surface area (Å²) in [6, 6.07) is 8.17. The number of nitrogens with one attached hydrogen (secondary N) is 1. The second-order valence-electron chi connectivity index (χ2n) is 4.46. The van der Waals surface area contributed by atoms with Crippen LogP contribution in [0.25, 0.3) is 0 Å². The monoisotopic (exact) mass is 317 g/mol. The second-order valence-corrected chi connectivity index (χ2v) is 7.61. The Labute approximate surface area is 111 Å². The molecule has 0 saturated carbocycles.